The third kappa shape index (κ3) is 3.54. The summed E-state index contributed by atoms with van der Waals surface area (Å²) in [4.78, 5) is 22.4. The maximum atomic E-state index is 11.9. The highest BCUT2D eigenvalue weighted by atomic mass is 32.2. The highest BCUT2D eigenvalue weighted by Crippen LogP contribution is 2.15. The van der Waals surface area contributed by atoms with Crippen molar-refractivity contribution in [3.8, 4) is 0 Å². The molecule has 1 aromatic rings. The Bertz CT molecular complexity index is 608. The number of esters is 1. The first-order valence-electron chi connectivity index (χ1n) is 5.49. The molecule has 10 heteroatoms. The first kappa shape index (κ1) is 16.1. The number of sulfonamides is 1. The van der Waals surface area contributed by atoms with E-state index >= 15 is 0 Å². The molecular formula is C10H15N3O6S. The van der Waals surface area contributed by atoms with Crippen molar-refractivity contribution >= 4 is 22.0 Å². The first-order chi connectivity index (χ1) is 9.19. The molecule has 1 aromatic heterocycles. The molecule has 0 bridgehead atoms. The van der Waals surface area contributed by atoms with Crippen LogP contribution in [0.15, 0.2) is 12.4 Å². The van der Waals surface area contributed by atoms with Gasteiger partial charge in [-0.15, -0.1) is 0 Å². The second kappa shape index (κ2) is 6.01. The van der Waals surface area contributed by atoms with Crippen LogP contribution in [-0.4, -0.2) is 47.6 Å². The van der Waals surface area contributed by atoms with E-state index < -0.39 is 33.3 Å². The van der Waals surface area contributed by atoms with E-state index in [0.29, 0.717) is 0 Å². The number of carboxylic acids is 1. The zero-order chi connectivity index (χ0) is 15.5. The summed E-state index contributed by atoms with van der Waals surface area (Å²) in [6, 6.07) is -1.53. The average Bonchev–Trinajstić information content (AvgIpc) is 2.80. The number of carboxylic acid groups (broad SMARTS) is 1. The molecule has 0 amide bonds. The minimum atomic E-state index is -4.20. The summed E-state index contributed by atoms with van der Waals surface area (Å²) in [6.07, 6.45) is 2.59. The molecule has 0 radical (unpaired) electrons. The lowest BCUT2D eigenvalue weighted by Crippen LogP contribution is -2.42. The molecule has 2 atom stereocenters. The van der Waals surface area contributed by atoms with Crippen LogP contribution in [0.5, 0.6) is 0 Å². The number of aryl methyl sites for hydroxylation is 1. The van der Waals surface area contributed by atoms with Crippen LogP contribution in [0.4, 0.5) is 0 Å². The highest BCUT2D eigenvalue weighted by Gasteiger charge is 2.34. The third-order valence-electron chi connectivity index (χ3n) is 2.59. The fourth-order valence-electron chi connectivity index (χ4n) is 1.41. The van der Waals surface area contributed by atoms with Crippen molar-refractivity contribution in [3.05, 3.63) is 18.0 Å². The van der Waals surface area contributed by atoms with Gasteiger partial charge in [0.15, 0.2) is 5.25 Å². The third-order valence-corrected chi connectivity index (χ3v) is 4.27. The van der Waals surface area contributed by atoms with Crippen molar-refractivity contribution < 1.29 is 27.9 Å². The van der Waals surface area contributed by atoms with Gasteiger partial charge < -0.3 is 9.84 Å². The van der Waals surface area contributed by atoms with Crippen molar-refractivity contribution in [1.82, 2.24) is 14.5 Å². The molecule has 2 N–H and O–H groups in total. The molecule has 1 heterocycles. The monoisotopic (exact) mass is 305 g/mol. The summed E-state index contributed by atoms with van der Waals surface area (Å²) < 4.78 is 31.5. The number of aromatic nitrogens is 2. The number of carbonyl (C=O) groups excluding carboxylic acids is 1. The molecular weight excluding hydrogens is 290 g/mol. The summed E-state index contributed by atoms with van der Waals surface area (Å²) >= 11 is 0. The Labute approximate surface area is 115 Å². The minimum Gasteiger partial charge on any atom is -0.480 e. The van der Waals surface area contributed by atoms with Crippen molar-refractivity contribution in [1.29, 1.82) is 0 Å². The summed E-state index contributed by atoms with van der Waals surface area (Å²) in [6.45, 7) is 1.11. The largest absolute Gasteiger partial charge is 0.480 e. The second-order valence-electron chi connectivity index (χ2n) is 4.05. The Kier molecular flexibility index (Phi) is 4.84. The Balaban J connectivity index is 3.02. The molecule has 0 saturated heterocycles. The van der Waals surface area contributed by atoms with E-state index in [1.54, 1.807) is 7.05 Å². The number of rotatable bonds is 6. The van der Waals surface area contributed by atoms with Crippen molar-refractivity contribution in [2.45, 2.75) is 18.2 Å². The smallest absolute Gasteiger partial charge is 0.326 e. The van der Waals surface area contributed by atoms with Gasteiger partial charge in [0.1, 0.15) is 6.04 Å². The molecule has 112 valence electrons. The number of aliphatic carboxylic acids is 1. The molecule has 0 saturated carbocycles. The lowest BCUT2D eigenvalue weighted by Gasteiger charge is -2.16. The standard InChI is InChI=1S/C10H15N3O6S/c1-6(10(16)19-3)20(17,18)12-8(9(14)15)7-4-11-13(2)5-7/h4-6,8,12H,1-3H3,(H,14,15). The lowest BCUT2D eigenvalue weighted by molar-refractivity contribution is -0.141. The van der Waals surface area contributed by atoms with Crippen LogP contribution in [0, 0.1) is 0 Å². The van der Waals surface area contributed by atoms with E-state index in [2.05, 4.69) is 9.84 Å². The Morgan fingerprint density at radius 1 is 1.50 bits per heavy atom. The van der Waals surface area contributed by atoms with Crippen LogP contribution in [0.25, 0.3) is 0 Å². The van der Waals surface area contributed by atoms with Crippen molar-refractivity contribution in [3.63, 3.8) is 0 Å². The number of nitrogens with zero attached hydrogens (tertiary/aromatic N) is 2. The van der Waals surface area contributed by atoms with Gasteiger partial charge in [-0.1, -0.05) is 0 Å². The van der Waals surface area contributed by atoms with Gasteiger partial charge in [0, 0.05) is 18.8 Å². The molecule has 0 aromatic carbocycles. The Morgan fingerprint density at radius 3 is 2.50 bits per heavy atom. The number of hydrogen-bond acceptors (Lipinski definition) is 6. The predicted octanol–water partition coefficient (Wildman–Crippen LogP) is -0.973. The van der Waals surface area contributed by atoms with E-state index in [0.717, 1.165) is 14.0 Å². The highest BCUT2D eigenvalue weighted by molar-refractivity contribution is 7.90. The van der Waals surface area contributed by atoms with Gasteiger partial charge in [0.2, 0.25) is 10.0 Å². The molecule has 0 aliphatic heterocycles. The molecule has 0 aliphatic rings. The number of nitrogens with one attached hydrogen (secondary N) is 1. The Hall–Kier alpha value is -1.94. The van der Waals surface area contributed by atoms with Crippen molar-refractivity contribution in [2.75, 3.05) is 7.11 Å². The van der Waals surface area contributed by atoms with Crippen LogP contribution in [-0.2, 0) is 31.4 Å². The van der Waals surface area contributed by atoms with Crippen LogP contribution in [0.2, 0.25) is 0 Å². The molecule has 0 fully saturated rings. The van der Waals surface area contributed by atoms with Gasteiger partial charge >= 0.3 is 11.9 Å². The molecule has 20 heavy (non-hydrogen) atoms. The maximum absolute atomic E-state index is 11.9. The van der Waals surface area contributed by atoms with Gasteiger partial charge in [0.25, 0.3) is 0 Å². The zero-order valence-corrected chi connectivity index (χ0v) is 11.9. The predicted molar refractivity (Wildman–Crippen MR) is 67.1 cm³/mol. The summed E-state index contributed by atoms with van der Waals surface area (Å²) in [5.41, 5.74) is 0.153. The van der Waals surface area contributed by atoms with Crippen LogP contribution in [0.1, 0.15) is 18.5 Å². The van der Waals surface area contributed by atoms with Gasteiger partial charge in [-0.2, -0.15) is 9.82 Å². The summed E-state index contributed by atoms with van der Waals surface area (Å²) in [7, 11) is -1.59. The summed E-state index contributed by atoms with van der Waals surface area (Å²) in [5.74, 6) is -2.38. The SMILES string of the molecule is COC(=O)C(C)S(=O)(=O)NC(C(=O)O)c1cnn(C)c1. The quantitative estimate of drug-likeness (QED) is 0.647. The van der Waals surface area contributed by atoms with Gasteiger partial charge in [-0.25, -0.2) is 8.42 Å². The lowest BCUT2D eigenvalue weighted by atomic mass is 10.2. The fourth-order valence-corrected chi connectivity index (χ4v) is 2.53. The van der Waals surface area contributed by atoms with Crippen LogP contribution < -0.4 is 4.72 Å². The topological polar surface area (TPSA) is 128 Å². The van der Waals surface area contributed by atoms with Gasteiger partial charge in [-0.05, 0) is 6.92 Å². The van der Waals surface area contributed by atoms with E-state index in [-0.39, 0.29) is 5.56 Å². The molecule has 2 unspecified atom stereocenters. The van der Waals surface area contributed by atoms with Crippen LogP contribution >= 0.6 is 0 Å². The molecule has 1 rings (SSSR count). The zero-order valence-electron chi connectivity index (χ0n) is 11.1. The number of methoxy groups -OCH3 is 1. The second-order valence-corrected chi connectivity index (χ2v) is 6.08. The van der Waals surface area contributed by atoms with E-state index in [1.807, 2.05) is 4.72 Å². The number of carbonyl (C=O) groups is 2. The number of hydrogen-bond donors (Lipinski definition) is 2. The summed E-state index contributed by atoms with van der Waals surface area (Å²) in [5, 5.41) is 11.3. The van der Waals surface area contributed by atoms with Gasteiger partial charge in [-0.3, -0.25) is 14.3 Å². The molecule has 0 spiro atoms. The molecule has 9 nitrogen and oxygen atoms in total. The van der Waals surface area contributed by atoms with Crippen molar-refractivity contribution in [2.24, 2.45) is 7.05 Å². The maximum Gasteiger partial charge on any atom is 0.326 e. The van der Waals surface area contributed by atoms with Crippen LogP contribution in [0.3, 0.4) is 0 Å². The Morgan fingerprint density at radius 2 is 2.10 bits per heavy atom. The van der Waals surface area contributed by atoms with E-state index in [9.17, 15) is 18.0 Å². The van der Waals surface area contributed by atoms with E-state index in [1.165, 1.54) is 17.1 Å². The minimum absolute atomic E-state index is 0.153. The van der Waals surface area contributed by atoms with E-state index in [4.69, 9.17) is 5.11 Å². The number of ether oxygens (including phenoxy) is 1. The molecule has 0 aliphatic carbocycles. The first-order valence-corrected chi connectivity index (χ1v) is 7.04. The normalized spacial score (nSPS) is 14.6. The van der Waals surface area contributed by atoms with Gasteiger partial charge in [0.05, 0.1) is 13.3 Å². The fraction of sp³-hybridized carbons (Fsp3) is 0.500. The average molecular weight is 305 g/mol.